The summed E-state index contributed by atoms with van der Waals surface area (Å²) in [6, 6.07) is 9.29. The second-order valence-corrected chi connectivity index (χ2v) is 5.99. The lowest BCUT2D eigenvalue weighted by molar-refractivity contribution is 0.0949. The zero-order chi connectivity index (χ0) is 17.2. The van der Waals surface area contributed by atoms with Crippen LogP contribution in [-0.2, 0) is 6.42 Å². The number of carbonyl (C=O) groups excluding carboxylic acids is 1. The van der Waals surface area contributed by atoms with Gasteiger partial charge in [-0.25, -0.2) is 9.97 Å². The molecule has 0 aliphatic carbocycles. The topological polar surface area (TPSA) is 66.9 Å². The van der Waals surface area contributed by atoms with Gasteiger partial charge < -0.3 is 10.6 Å². The van der Waals surface area contributed by atoms with Crippen molar-refractivity contribution in [1.82, 2.24) is 15.3 Å². The van der Waals surface area contributed by atoms with E-state index in [1.807, 2.05) is 24.3 Å². The maximum Gasteiger partial charge on any atom is 0.270 e. The number of aromatic nitrogens is 2. The Hall–Kier alpha value is -2.14. The van der Waals surface area contributed by atoms with E-state index in [0.29, 0.717) is 23.1 Å². The maximum atomic E-state index is 12.2. The first-order valence-corrected chi connectivity index (χ1v) is 8.65. The van der Waals surface area contributed by atoms with Gasteiger partial charge in [0.05, 0.1) is 0 Å². The van der Waals surface area contributed by atoms with Crippen molar-refractivity contribution in [3.63, 3.8) is 0 Å². The number of benzene rings is 1. The highest BCUT2D eigenvalue weighted by Gasteiger charge is 2.08. The Morgan fingerprint density at radius 3 is 2.67 bits per heavy atom. The molecule has 1 heterocycles. The van der Waals surface area contributed by atoms with E-state index in [9.17, 15) is 4.79 Å². The van der Waals surface area contributed by atoms with Gasteiger partial charge in [-0.15, -0.1) is 0 Å². The standard InChI is InChI=1S/C18H23ClN4O/c1-2-3-4-10-20-17-12-16(22-13-23-17)18(24)21-11-9-14-5-7-15(19)8-6-14/h5-8,12-13H,2-4,9-11H2,1H3,(H,21,24)(H,20,22,23). The zero-order valence-corrected chi connectivity index (χ0v) is 14.6. The highest BCUT2D eigenvalue weighted by Crippen LogP contribution is 2.10. The van der Waals surface area contributed by atoms with Gasteiger partial charge in [-0.3, -0.25) is 4.79 Å². The summed E-state index contributed by atoms with van der Waals surface area (Å²) in [5.41, 5.74) is 1.50. The van der Waals surface area contributed by atoms with Crippen molar-refractivity contribution >= 4 is 23.3 Å². The number of hydrogen-bond acceptors (Lipinski definition) is 4. The fourth-order valence-electron chi connectivity index (χ4n) is 2.23. The van der Waals surface area contributed by atoms with E-state index in [-0.39, 0.29) is 5.91 Å². The van der Waals surface area contributed by atoms with Crippen molar-refractivity contribution in [2.45, 2.75) is 32.6 Å². The minimum absolute atomic E-state index is 0.192. The number of nitrogens with one attached hydrogen (secondary N) is 2. The summed E-state index contributed by atoms with van der Waals surface area (Å²) < 4.78 is 0. The largest absolute Gasteiger partial charge is 0.370 e. The molecule has 1 aromatic heterocycles. The van der Waals surface area contributed by atoms with Crippen LogP contribution < -0.4 is 10.6 Å². The second-order valence-electron chi connectivity index (χ2n) is 5.55. The molecular formula is C18H23ClN4O. The van der Waals surface area contributed by atoms with E-state index in [1.54, 1.807) is 6.07 Å². The first-order valence-electron chi connectivity index (χ1n) is 8.27. The molecule has 0 radical (unpaired) electrons. The molecule has 5 nitrogen and oxygen atoms in total. The third-order valence-corrected chi connectivity index (χ3v) is 3.85. The molecule has 2 rings (SSSR count). The van der Waals surface area contributed by atoms with E-state index in [0.717, 1.165) is 24.9 Å². The molecule has 0 atom stereocenters. The summed E-state index contributed by atoms with van der Waals surface area (Å²) in [6.45, 7) is 3.56. The van der Waals surface area contributed by atoms with E-state index in [1.165, 1.54) is 19.2 Å². The SMILES string of the molecule is CCCCCNc1cc(C(=O)NCCc2ccc(Cl)cc2)ncn1. The molecular weight excluding hydrogens is 324 g/mol. The van der Waals surface area contributed by atoms with Crippen LogP contribution in [-0.4, -0.2) is 29.0 Å². The number of carbonyl (C=O) groups is 1. The van der Waals surface area contributed by atoms with Gasteiger partial charge in [0.15, 0.2) is 0 Å². The van der Waals surface area contributed by atoms with Crippen LogP contribution in [0.1, 0.15) is 42.2 Å². The highest BCUT2D eigenvalue weighted by molar-refractivity contribution is 6.30. The molecule has 2 N–H and O–H groups in total. The van der Waals surface area contributed by atoms with Crippen LogP contribution in [0.4, 0.5) is 5.82 Å². The van der Waals surface area contributed by atoms with Crippen LogP contribution in [0.2, 0.25) is 5.02 Å². The van der Waals surface area contributed by atoms with Crippen LogP contribution in [0.15, 0.2) is 36.7 Å². The van der Waals surface area contributed by atoms with Crippen LogP contribution >= 0.6 is 11.6 Å². The summed E-state index contributed by atoms with van der Waals surface area (Å²) in [4.78, 5) is 20.3. The third kappa shape index (κ3) is 6.16. The highest BCUT2D eigenvalue weighted by atomic mass is 35.5. The smallest absolute Gasteiger partial charge is 0.270 e. The van der Waals surface area contributed by atoms with E-state index in [2.05, 4.69) is 27.5 Å². The van der Waals surface area contributed by atoms with Gasteiger partial charge in [-0.1, -0.05) is 43.5 Å². The van der Waals surface area contributed by atoms with Crippen LogP contribution in [0.5, 0.6) is 0 Å². The Morgan fingerprint density at radius 1 is 1.12 bits per heavy atom. The van der Waals surface area contributed by atoms with Crippen molar-refractivity contribution in [1.29, 1.82) is 0 Å². The predicted octanol–water partition coefficient (Wildman–Crippen LogP) is 3.70. The fraction of sp³-hybridized carbons (Fsp3) is 0.389. The summed E-state index contributed by atoms with van der Waals surface area (Å²) in [6.07, 6.45) is 5.60. The van der Waals surface area contributed by atoms with Crippen LogP contribution in [0.25, 0.3) is 0 Å². The normalized spacial score (nSPS) is 10.4. The number of rotatable bonds is 9. The Morgan fingerprint density at radius 2 is 1.92 bits per heavy atom. The Labute approximate surface area is 147 Å². The Bertz CT molecular complexity index is 646. The molecule has 2 aromatic rings. The van der Waals surface area contributed by atoms with Crippen LogP contribution in [0.3, 0.4) is 0 Å². The maximum absolute atomic E-state index is 12.2. The van der Waals surface area contributed by atoms with Gasteiger partial charge in [0, 0.05) is 24.2 Å². The Balaban J connectivity index is 1.80. The van der Waals surface area contributed by atoms with Crippen molar-refractivity contribution in [2.24, 2.45) is 0 Å². The molecule has 0 bridgehead atoms. The van der Waals surface area contributed by atoms with Crippen molar-refractivity contribution < 1.29 is 4.79 Å². The van der Waals surface area contributed by atoms with Gasteiger partial charge in [-0.05, 0) is 30.5 Å². The third-order valence-electron chi connectivity index (χ3n) is 3.60. The molecule has 128 valence electrons. The van der Waals surface area contributed by atoms with Crippen LogP contribution in [0, 0.1) is 0 Å². The second kappa shape index (κ2) is 9.88. The lowest BCUT2D eigenvalue weighted by Crippen LogP contribution is -2.26. The molecule has 0 unspecified atom stereocenters. The zero-order valence-electron chi connectivity index (χ0n) is 13.9. The van der Waals surface area contributed by atoms with Gasteiger partial charge >= 0.3 is 0 Å². The molecule has 24 heavy (non-hydrogen) atoms. The van der Waals surface area contributed by atoms with Crippen molar-refractivity contribution in [2.75, 3.05) is 18.4 Å². The fourth-order valence-corrected chi connectivity index (χ4v) is 2.36. The first-order chi connectivity index (χ1) is 11.7. The molecule has 0 aliphatic heterocycles. The minimum atomic E-state index is -0.192. The van der Waals surface area contributed by atoms with E-state index < -0.39 is 0 Å². The predicted molar refractivity (Wildman–Crippen MR) is 97.5 cm³/mol. The van der Waals surface area contributed by atoms with E-state index >= 15 is 0 Å². The Kier molecular flexibility index (Phi) is 7.49. The lowest BCUT2D eigenvalue weighted by Gasteiger charge is -2.07. The molecule has 0 spiro atoms. The van der Waals surface area contributed by atoms with Crippen molar-refractivity contribution in [3.05, 3.63) is 52.9 Å². The minimum Gasteiger partial charge on any atom is -0.370 e. The van der Waals surface area contributed by atoms with E-state index in [4.69, 9.17) is 11.6 Å². The molecule has 0 saturated carbocycles. The summed E-state index contributed by atoms with van der Waals surface area (Å²) in [5.74, 6) is 0.493. The summed E-state index contributed by atoms with van der Waals surface area (Å²) in [7, 11) is 0. The molecule has 1 amide bonds. The quantitative estimate of drug-likeness (QED) is 0.679. The molecule has 1 aromatic carbocycles. The monoisotopic (exact) mass is 346 g/mol. The molecule has 0 aliphatic rings. The van der Waals surface area contributed by atoms with Gasteiger partial charge in [0.2, 0.25) is 0 Å². The number of amides is 1. The number of halogens is 1. The number of unbranched alkanes of at least 4 members (excludes halogenated alkanes) is 2. The van der Waals surface area contributed by atoms with Gasteiger partial charge in [0.1, 0.15) is 17.8 Å². The molecule has 6 heteroatoms. The number of anilines is 1. The lowest BCUT2D eigenvalue weighted by atomic mass is 10.1. The average Bonchev–Trinajstić information content (AvgIpc) is 2.61. The average molecular weight is 347 g/mol. The molecule has 0 fully saturated rings. The van der Waals surface area contributed by atoms with Crippen molar-refractivity contribution in [3.8, 4) is 0 Å². The van der Waals surface area contributed by atoms with Gasteiger partial charge in [-0.2, -0.15) is 0 Å². The van der Waals surface area contributed by atoms with Gasteiger partial charge in [0.25, 0.3) is 5.91 Å². The summed E-state index contributed by atoms with van der Waals surface area (Å²) >= 11 is 5.85. The first kappa shape index (κ1) is 18.2. The number of nitrogens with zero attached hydrogens (tertiary/aromatic N) is 2. The summed E-state index contributed by atoms with van der Waals surface area (Å²) in [5, 5.41) is 6.80. The number of hydrogen-bond donors (Lipinski definition) is 2. The molecule has 0 saturated heterocycles.